The zero-order valence-electron chi connectivity index (χ0n) is 11.9. The first-order chi connectivity index (χ1) is 9.56. The molecular weight excluding hydrogens is 260 g/mol. The van der Waals surface area contributed by atoms with Crippen LogP contribution in [0.3, 0.4) is 0 Å². The minimum atomic E-state index is -0.400. The molecule has 2 aliphatic rings. The Balaban J connectivity index is 1.70. The molecule has 0 spiro atoms. The van der Waals surface area contributed by atoms with Gasteiger partial charge in [-0.05, 0) is 26.4 Å². The van der Waals surface area contributed by atoms with Crippen LogP contribution in [0, 0.1) is 0 Å². The van der Waals surface area contributed by atoms with Gasteiger partial charge in [0.2, 0.25) is 17.7 Å². The molecule has 7 heteroatoms. The van der Waals surface area contributed by atoms with Gasteiger partial charge in [-0.15, -0.1) is 0 Å². The smallest absolute Gasteiger partial charge is 0.246 e. The molecule has 0 aromatic carbocycles. The Bertz CT molecular complexity index is 393. The van der Waals surface area contributed by atoms with Crippen LogP contribution in [-0.2, 0) is 14.4 Å². The van der Waals surface area contributed by atoms with E-state index in [4.69, 9.17) is 0 Å². The summed E-state index contributed by atoms with van der Waals surface area (Å²) in [6.45, 7) is 2.63. The molecule has 0 aromatic rings. The number of likely N-dealkylation sites (tertiary alicyclic amines) is 1. The number of rotatable bonds is 5. The summed E-state index contributed by atoms with van der Waals surface area (Å²) in [5.41, 5.74) is 0. The minimum Gasteiger partial charge on any atom is -0.333 e. The highest BCUT2D eigenvalue weighted by Crippen LogP contribution is 2.08. The molecule has 20 heavy (non-hydrogen) atoms. The molecule has 0 bridgehead atoms. The van der Waals surface area contributed by atoms with E-state index in [9.17, 15) is 14.4 Å². The number of hydrogen-bond donors (Lipinski definition) is 2. The van der Waals surface area contributed by atoms with E-state index < -0.39 is 5.91 Å². The molecule has 0 aromatic heterocycles. The number of imide groups is 1. The quantitative estimate of drug-likeness (QED) is 0.644. The van der Waals surface area contributed by atoms with Crippen LogP contribution in [0.15, 0.2) is 0 Å². The Labute approximate surface area is 118 Å². The topological polar surface area (TPSA) is 81.8 Å². The zero-order chi connectivity index (χ0) is 14.5. The normalized spacial score (nSPS) is 22.6. The molecule has 2 saturated heterocycles. The lowest BCUT2D eigenvalue weighted by Crippen LogP contribution is -2.46. The van der Waals surface area contributed by atoms with E-state index >= 15 is 0 Å². The van der Waals surface area contributed by atoms with E-state index in [1.54, 1.807) is 0 Å². The number of hydrogen-bond acceptors (Lipinski definition) is 5. The third-order valence-electron chi connectivity index (χ3n) is 3.84. The second-order valence-corrected chi connectivity index (χ2v) is 5.45. The average Bonchev–Trinajstić information content (AvgIpc) is 3.01. The van der Waals surface area contributed by atoms with Gasteiger partial charge in [0.25, 0.3) is 0 Å². The van der Waals surface area contributed by atoms with Gasteiger partial charge in [-0.2, -0.15) is 0 Å². The van der Waals surface area contributed by atoms with E-state index in [-0.39, 0.29) is 24.9 Å². The van der Waals surface area contributed by atoms with Gasteiger partial charge in [-0.1, -0.05) is 0 Å². The van der Waals surface area contributed by atoms with Crippen LogP contribution < -0.4 is 10.6 Å². The van der Waals surface area contributed by atoms with Gasteiger partial charge in [0.1, 0.15) is 0 Å². The number of likely N-dealkylation sites (N-methyl/N-ethyl adjacent to an activating group) is 1. The molecule has 2 heterocycles. The summed E-state index contributed by atoms with van der Waals surface area (Å²) in [5.74, 6) is -0.721. The van der Waals surface area contributed by atoms with Crippen molar-refractivity contribution in [3.05, 3.63) is 0 Å². The van der Waals surface area contributed by atoms with Crippen LogP contribution in [0.25, 0.3) is 0 Å². The van der Waals surface area contributed by atoms with Crippen molar-refractivity contribution in [3.8, 4) is 0 Å². The standard InChI is InChI=1S/C13H22N4O3/c1-16(10-4-5-14-7-10)8-11(18)15-12(19)9-17-6-2-3-13(17)20/h10,14H,2-9H2,1H3,(H,15,18,19). The van der Waals surface area contributed by atoms with Gasteiger partial charge >= 0.3 is 0 Å². The lowest BCUT2D eigenvalue weighted by atomic mass is 10.2. The fourth-order valence-electron chi connectivity index (χ4n) is 2.65. The fraction of sp³-hybridized carbons (Fsp3) is 0.769. The first-order valence-corrected chi connectivity index (χ1v) is 7.07. The van der Waals surface area contributed by atoms with E-state index in [0.29, 0.717) is 19.0 Å². The van der Waals surface area contributed by atoms with Crippen LogP contribution in [0.5, 0.6) is 0 Å². The van der Waals surface area contributed by atoms with Crippen molar-refractivity contribution in [2.75, 3.05) is 39.8 Å². The van der Waals surface area contributed by atoms with Crippen molar-refractivity contribution in [2.45, 2.75) is 25.3 Å². The summed E-state index contributed by atoms with van der Waals surface area (Å²) < 4.78 is 0. The Hall–Kier alpha value is -1.47. The summed E-state index contributed by atoms with van der Waals surface area (Å²) in [6, 6.07) is 0.344. The van der Waals surface area contributed by atoms with Crippen molar-refractivity contribution in [1.82, 2.24) is 20.4 Å². The van der Waals surface area contributed by atoms with Crippen LogP contribution in [0.1, 0.15) is 19.3 Å². The van der Waals surface area contributed by atoms with Gasteiger partial charge in [0.05, 0.1) is 13.1 Å². The molecule has 1 unspecified atom stereocenters. The molecule has 112 valence electrons. The molecule has 2 N–H and O–H groups in total. The predicted molar refractivity (Wildman–Crippen MR) is 72.9 cm³/mol. The number of amides is 3. The zero-order valence-corrected chi connectivity index (χ0v) is 11.9. The molecule has 1 atom stereocenters. The van der Waals surface area contributed by atoms with Crippen LogP contribution >= 0.6 is 0 Å². The number of nitrogens with zero attached hydrogens (tertiary/aromatic N) is 2. The van der Waals surface area contributed by atoms with Gasteiger partial charge in [-0.3, -0.25) is 24.6 Å². The van der Waals surface area contributed by atoms with Gasteiger partial charge in [0.15, 0.2) is 0 Å². The molecule has 0 aliphatic carbocycles. The van der Waals surface area contributed by atoms with Gasteiger partial charge < -0.3 is 10.2 Å². The Morgan fingerprint density at radius 3 is 2.85 bits per heavy atom. The van der Waals surface area contributed by atoms with E-state index in [0.717, 1.165) is 25.9 Å². The lowest BCUT2D eigenvalue weighted by Gasteiger charge is -2.22. The van der Waals surface area contributed by atoms with E-state index in [1.807, 2.05) is 11.9 Å². The third kappa shape index (κ3) is 4.01. The van der Waals surface area contributed by atoms with Crippen molar-refractivity contribution in [3.63, 3.8) is 0 Å². The van der Waals surface area contributed by atoms with Crippen molar-refractivity contribution < 1.29 is 14.4 Å². The summed E-state index contributed by atoms with van der Waals surface area (Å²) in [7, 11) is 1.88. The number of nitrogens with one attached hydrogen (secondary N) is 2. The first kappa shape index (κ1) is 14.9. The molecular formula is C13H22N4O3. The average molecular weight is 282 g/mol. The van der Waals surface area contributed by atoms with Gasteiger partial charge in [-0.25, -0.2) is 0 Å². The molecule has 0 saturated carbocycles. The SMILES string of the molecule is CN(CC(=O)NC(=O)CN1CCCC1=O)C1CCNC1. The largest absolute Gasteiger partial charge is 0.333 e. The summed E-state index contributed by atoms with van der Waals surface area (Å²) in [5, 5.41) is 5.58. The Morgan fingerprint density at radius 1 is 1.45 bits per heavy atom. The monoisotopic (exact) mass is 282 g/mol. The minimum absolute atomic E-state index is 0.0123. The van der Waals surface area contributed by atoms with Crippen molar-refractivity contribution in [1.29, 1.82) is 0 Å². The summed E-state index contributed by atoms with van der Waals surface area (Å²) in [6.07, 6.45) is 2.30. The molecule has 2 rings (SSSR count). The number of carbonyl (C=O) groups excluding carboxylic acids is 3. The molecule has 2 aliphatic heterocycles. The summed E-state index contributed by atoms with van der Waals surface area (Å²) >= 11 is 0. The lowest BCUT2D eigenvalue weighted by molar-refractivity contribution is -0.136. The summed E-state index contributed by atoms with van der Waals surface area (Å²) in [4.78, 5) is 38.3. The van der Waals surface area contributed by atoms with Crippen LogP contribution in [0.4, 0.5) is 0 Å². The number of carbonyl (C=O) groups is 3. The van der Waals surface area contributed by atoms with Crippen LogP contribution in [0.2, 0.25) is 0 Å². The van der Waals surface area contributed by atoms with E-state index in [1.165, 1.54) is 4.90 Å². The Kier molecular flexibility index (Phi) is 5.08. The third-order valence-corrected chi connectivity index (χ3v) is 3.84. The fourth-order valence-corrected chi connectivity index (χ4v) is 2.65. The molecule has 7 nitrogen and oxygen atoms in total. The predicted octanol–water partition coefficient (Wildman–Crippen LogP) is -1.45. The second-order valence-electron chi connectivity index (χ2n) is 5.45. The van der Waals surface area contributed by atoms with Crippen LogP contribution in [-0.4, -0.2) is 73.3 Å². The highest BCUT2D eigenvalue weighted by atomic mass is 16.2. The maximum atomic E-state index is 11.8. The molecule has 0 radical (unpaired) electrons. The maximum absolute atomic E-state index is 11.8. The highest BCUT2D eigenvalue weighted by Gasteiger charge is 2.24. The molecule has 2 fully saturated rings. The van der Waals surface area contributed by atoms with Gasteiger partial charge in [0, 0.05) is 25.6 Å². The Morgan fingerprint density at radius 2 is 2.25 bits per heavy atom. The first-order valence-electron chi connectivity index (χ1n) is 7.07. The molecule has 3 amide bonds. The van der Waals surface area contributed by atoms with Crippen molar-refractivity contribution in [2.24, 2.45) is 0 Å². The highest BCUT2D eigenvalue weighted by molar-refractivity contribution is 5.98. The maximum Gasteiger partial charge on any atom is 0.246 e. The second kappa shape index (κ2) is 6.81. The van der Waals surface area contributed by atoms with E-state index in [2.05, 4.69) is 10.6 Å². The van der Waals surface area contributed by atoms with Crippen molar-refractivity contribution >= 4 is 17.7 Å².